The van der Waals surface area contributed by atoms with Gasteiger partial charge < -0.3 is 9.73 Å². The molecule has 5 aromatic rings. The summed E-state index contributed by atoms with van der Waals surface area (Å²) in [5, 5.41) is 11.1. The molecule has 0 saturated carbocycles. The van der Waals surface area contributed by atoms with Gasteiger partial charge >= 0.3 is 0 Å². The van der Waals surface area contributed by atoms with E-state index in [0.717, 1.165) is 10.9 Å². The number of para-hydroxylation sites is 1. The quantitative estimate of drug-likeness (QED) is 0.349. The molecule has 5 rings (SSSR count). The third kappa shape index (κ3) is 3.12. The zero-order chi connectivity index (χ0) is 18.9. The second kappa shape index (κ2) is 7.06. The number of rotatable bonds is 5. The molecule has 1 aromatic carbocycles. The number of thioether (sulfide) groups is 1. The first-order valence-electron chi connectivity index (χ1n) is 8.29. The van der Waals surface area contributed by atoms with Gasteiger partial charge in [-0.1, -0.05) is 23.9 Å². The van der Waals surface area contributed by atoms with Crippen molar-refractivity contribution in [2.45, 2.75) is 5.16 Å². The van der Waals surface area contributed by atoms with Crippen molar-refractivity contribution in [3.05, 3.63) is 54.2 Å². The lowest BCUT2D eigenvalue weighted by atomic mass is 10.2. The van der Waals surface area contributed by atoms with Crippen LogP contribution in [0.4, 0.5) is 5.13 Å². The summed E-state index contributed by atoms with van der Waals surface area (Å²) in [7, 11) is 0. The van der Waals surface area contributed by atoms with Crippen molar-refractivity contribution in [1.82, 2.24) is 24.6 Å². The highest BCUT2D eigenvalue weighted by Gasteiger charge is 2.17. The van der Waals surface area contributed by atoms with E-state index < -0.39 is 0 Å². The number of hydrogen-bond donors (Lipinski definition) is 1. The minimum atomic E-state index is -0.158. The van der Waals surface area contributed by atoms with Gasteiger partial charge in [0.05, 0.1) is 17.5 Å². The van der Waals surface area contributed by atoms with E-state index in [9.17, 15) is 4.79 Å². The van der Waals surface area contributed by atoms with Gasteiger partial charge in [0.25, 0.3) is 0 Å². The van der Waals surface area contributed by atoms with Gasteiger partial charge in [-0.05, 0) is 24.3 Å². The molecular weight excluding hydrogens is 396 g/mol. The average molecular weight is 408 g/mol. The summed E-state index contributed by atoms with van der Waals surface area (Å²) in [6.07, 6.45) is 3.23. The normalized spacial score (nSPS) is 11.3. The van der Waals surface area contributed by atoms with E-state index in [1.54, 1.807) is 29.1 Å². The molecule has 0 saturated heterocycles. The fourth-order valence-electron chi connectivity index (χ4n) is 2.70. The van der Waals surface area contributed by atoms with Crippen LogP contribution in [0.1, 0.15) is 0 Å². The molecule has 0 fully saturated rings. The Morgan fingerprint density at radius 1 is 1.21 bits per heavy atom. The number of thiazole rings is 1. The van der Waals surface area contributed by atoms with Crippen molar-refractivity contribution in [1.29, 1.82) is 0 Å². The Labute approximate surface area is 166 Å². The van der Waals surface area contributed by atoms with Gasteiger partial charge in [-0.3, -0.25) is 4.79 Å². The summed E-state index contributed by atoms with van der Waals surface area (Å²) in [5.41, 5.74) is 1.45. The minimum Gasteiger partial charge on any atom is -0.461 e. The maximum absolute atomic E-state index is 12.2. The molecule has 4 aromatic heterocycles. The van der Waals surface area contributed by atoms with E-state index in [4.69, 9.17) is 4.42 Å². The van der Waals surface area contributed by atoms with Gasteiger partial charge in [-0.15, -0.1) is 16.4 Å². The Bertz CT molecular complexity index is 1260. The van der Waals surface area contributed by atoms with Crippen molar-refractivity contribution in [3.8, 4) is 11.6 Å². The average Bonchev–Trinajstić information content (AvgIpc) is 3.47. The Kier molecular flexibility index (Phi) is 4.26. The number of carbonyl (C=O) groups excluding carboxylic acids is 1. The Hall–Kier alpha value is -3.24. The lowest BCUT2D eigenvalue weighted by Crippen LogP contribution is -2.14. The van der Waals surface area contributed by atoms with E-state index in [1.807, 2.05) is 29.6 Å². The van der Waals surface area contributed by atoms with Crippen LogP contribution >= 0.6 is 23.1 Å². The number of nitrogens with one attached hydrogen (secondary N) is 1. The largest absolute Gasteiger partial charge is 0.461 e. The van der Waals surface area contributed by atoms with E-state index in [0.29, 0.717) is 27.5 Å². The molecule has 28 heavy (non-hydrogen) atoms. The van der Waals surface area contributed by atoms with Crippen LogP contribution < -0.4 is 5.32 Å². The van der Waals surface area contributed by atoms with Gasteiger partial charge in [-0.25, -0.2) is 15.0 Å². The fourth-order valence-corrected chi connectivity index (χ4v) is 3.99. The van der Waals surface area contributed by atoms with Crippen LogP contribution in [0, 0.1) is 0 Å². The summed E-state index contributed by atoms with van der Waals surface area (Å²) in [6, 6.07) is 11.3. The van der Waals surface area contributed by atoms with E-state index in [-0.39, 0.29) is 11.7 Å². The van der Waals surface area contributed by atoms with Crippen LogP contribution in [0.3, 0.4) is 0 Å². The molecule has 138 valence electrons. The highest BCUT2D eigenvalue weighted by molar-refractivity contribution is 7.99. The van der Waals surface area contributed by atoms with Crippen LogP contribution in [0.15, 0.2) is 63.8 Å². The van der Waals surface area contributed by atoms with Crippen molar-refractivity contribution in [2.75, 3.05) is 11.1 Å². The van der Waals surface area contributed by atoms with Crippen LogP contribution in [0.2, 0.25) is 0 Å². The third-order valence-corrected chi connectivity index (χ3v) is 5.52. The number of carbonyl (C=O) groups is 1. The molecule has 0 radical (unpaired) electrons. The van der Waals surface area contributed by atoms with Crippen LogP contribution in [-0.2, 0) is 4.79 Å². The van der Waals surface area contributed by atoms with Crippen molar-refractivity contribution in [3.63, 3.8) is 0 Å². The van der Waals surface area contributed by atoms with Crippen molar-refractivity contribution >= 4 is 50.7 Å². The lowest BCUT2D eigenvalue weighted by Gasteiger charge is -2.06. The smallest absolute Gasteiger partial charge is 0.236 e. The number of benzene rings is 1. The Balaban J connectivity index is 1.52. The third-order valence-electron chi connectivity index (χ3n) is 3.90. The van der Waals surface area contributed by atoms with Gasteiger partial charge in [0.1, 0.15) is 0 Å². The summed E-state index contributed by atoms with van der Waals surface area (Å²) in [6.45, 7) is 0. The summed E-state index contributed by atoms with van der Waals surface area (Å²) < 4.78 is 7.08. The van der Waals surface area contributed by atoms with Gasteiger partial charge in [0, 0.05) is 17.0 Å². The van der Waals surface area contributed by atoms with Gasteiger partial charge in [0.2, 0.25) is 11.7 Å². The number of furan rings is 1. The van der Waals surface area contributed by atoms with Crippen molar-refractivity contribution in [2.24, 2.45) is 0 Å². The number of hydrogen-bond acceptors (Lipinski definition) is 8. The van der Waals surface area contributed by atoms with E-state index >= 15 is 0 Å². The molecular formula is C18H12N6O2S2. The predicted molar refractivity (Wildman–Crippen MR) is 107 cm³/mol. The zero-order valence-electron chi connectivity index (χ0n) is 14.3. The Morgan fingerprint density at radius 3 is 2.96 bits per heavy atom. The maximum atomic E-state index is 12.2. The van der Waals surface area contributed by atoms with Gasteiger partial charge in [0.15, 0.2) is 21.7 Å². The first kappa shape index (κ1) is 16.9. The molecule has 0 spiro atoms. The monoisotopic (exact) mass is 408 g/mol. The molecule has 0 unspecified atom stereocenters. The molecule has 0 aliphatic carbocycles. The van der Waals surface area contributed by atoms with Crippen LogP contribution in [0.25, 0.3) is 28.1 Å². The number of amides is 1. The minimum absolute atomic E-state index is 0.158. The molecule has 0 bridgehead atoms. The van der Waals surface area contributed by atoms with Gasteiger partial charge in [-0.2, -0.15) is 4.52 Å². The number of fused-ring (bicyclic) bond motifs is 3. The molecule has 0 aliphatic rings. The summed E-state index contributed by atoms with van der Waals surface area (Å²) in [4.78, 5) is 25.6. The molecule has 1 amide bonds. The summed E-state index contributed by atoms with van der Waals surface area (Å²) in [5.74, 6) is 1.06. The number of aromatic nitrogens is 5. The highest BCUT2D eigenvalue weighted by atomic mass is 32.2. The predicted octanol–water partition coefficient (Wildman–Crippen LogP) is 3.72. The number of nitrogens with zero attached hydrogens (tertiary/aromatic N) is 5. The standard InChI is InChI=1S/C18H12N6O2S2/c25-14(21-17-19-7-9-27-17)10-28-18-20-12-5-2-1-4-11(12)16-22-15(23-24(16)18)13-6-3-8-26-13/h1-9H,10H2,(H,19,21,25). The lowest BCUT2D eigenvalue weighted by molar-refractivity contribution is -0.113. The molecule has 0 atom stereocenters. The topological polar surface area (TPSA) is 98.2 Å². The van der Waals surface area contributed by atoms with E-state index in [1.165, 1.54) is 23.1 Å². The highest BCUT2D eigenvalue weighted by Crippen LogP contribution is 2.26. The zero-order valence-corrected chi connectivity index (χ0v) is 15.9. The maximum Gasteiger partial charge on any atom is 0.236 e. The number of anilines is 1. The SMILES string of the molecule is O=C(CSc1nc2ccccc2c2nc(-c3ccco3)nn12)Nc1nccs1. The molecule has 4 heterocycles. The second-order valence-electron chi connectivity index (χ2n) is 5.73. The van der Waals surface area contributed by atoms with Crippen LogP contribution in [-0.4, -0.2) is 36.2 Å². The Morgan fingerprint density at radius 2 is 2.14 bits per heavy atom. The molecule has 0 aliphatic heterocycles. The molecule has 8 nitrogen and oxygen atoms in total. The molecule has 10 heteroatoms. The van der Waals surface area contributed by atoms with E-state index in [2.05, 4.69) is 25.4 Å². The molecule has 1 N–H and O–H groups in total. The van der Waals surface area contributed by atoms with Crippen molar-refractivity contribution < 1.29 is 9.21 Å². The fraction of sp³-hybridized carbons (Fsp3) is 0.0556. The van der Waals surface area contributed by atoms with Crippen LogP contribution in [0.5, 0.6) is 0 Å². The summed E-state index contributed by atoms with van der Waals surface area (Å²) >= 11 is 2.66. The first-order valence-corrected chi connectivity index (χ1v) is 10.2. The second-order valence-corrected chi connectivity index (χ2v) is 7.57. The first-order chi connectivity index (χ1) is 13.8.